The Bertz CT molecular complexity index is 1600. The molecule has 7 nitrogen and oxygen atoms in total. The van der Waals surface area contributed by atoms with Gasteiger partial charge >= 0.3 is 5.97 Å². The molecule has 0 atom stereocenters. The van der Waals surface area contributed by atoms with Gasteiger partial charge in [0, 0.05) is 29.2 Å². The first-order valence-electron chi connectivity index (χ1n) is 12.6. The van der Waals surface area contributed by atoms with Crippen LogP contribution >= 0.6 is 11.8 Å². The summed E-state index contributed by atoms with van der Waals surface area (Å²) in [6.07, 6.45) is 3.69. The number of aromatic nitrogens is 1. The van der Waals surface area contributed by atoms with Gasteiger partial charge in [0.2, 0.25) is 5.91 Å². The first-order valence-corrected chi connectivity index (χ1v) is 13.4. The largest absolute Gasteiger partial charge is 0.506 e. The van der Waals surface area contributed by atoms with E-state index in [4.69, 9.17) is 4.74 Å². The van der Waals surface area contributed by atoms with E-state index >= 15 is 0 Å². The third-order valence-corrected chi connectivity index (χ3v) is 7.13. The average molecular weight is 538 g/mol. The molecule has 1 aliphatic heterocycles. The number of aliphatic hydroxyl groups excluding tert-OH is 1. The summed E-state index contributed by atoms with van der Waals surface area (Å²) < 4.78 is 7.09. The summed E-state index contributed by atoms with van der Waals surface area (Å²) in [4.78, 5) is 30.6. The second kappa shape index (κ2) is 11.9. The van der Waals surface area contributed by atoms with Gasteiger partial charge in [-0.1, -0.05) is 78.5 Å². The highest BCUT2D eigenvalue weighted by atomic mass is 32.2. The van der Waals surface area contributed by atoms with Crippen molar-refractivity contribution in [1.29, 1.82) is 0 Å². The summed E-state index contributed by atoms with van der Waals surface area (Å²) in [6.45, 7) is 2.48. The Labute approximate surface area is 230 Å². The molecule has 4 aromatic rings. The average Bonchev–Trinajstić information content (AvgIpc) is 3.45. The molecule has 0 bridgehead atoms. The van der Waals surface area contributed by atoms with Gasteiger partial charge in [-0.3, -0.25) is 4.79 Å². The van der Waals surface area contributed by atoms with Crippen LogP contribution in [0.1, 0.15) is 18.1 Å². The fourth-order valence-electron chi connectivity index (χ4n) is 4.28. The molecule has 0 fully saturated rings. The summed E-state index contributed by atoms with van der Waals surface area (Å²) in [6, 6.07) is 26.8. The van der Waals surface area contributed by atoms with Gasteiger partial charge in [0.05, 0.1) is 17.2 Å². The second-order valence-corrected chi connectivity index (χ2v) is 9.83. The van der Waals surface area contributed by atoms with E-state index in [0.29, 0.717) is 22.2 Å². The van der Waals surface area contributed by atoms with Crippen LogP contribution in [0, 0.1) is 0 Å². The molecule has 2 N–H and O–H groups in total. The number of carbonyl (C=O) groups excluding carboxylic acids is 2. The number of carbonyl (C=O) groups is 2. The van der Waals surface area contributed by atoms with Crippen molar-refractivity contribution in [1.82, 2.24) is 9.88 Å². The number of nitrogens with one attached hydrogen (secondary N) is 1. The predicted molar refractivity (Wildman–Crippen MR) is 156 cm³/mol. The zero-order chi connectivity index (χ0) is 27.2. The molecule has 0 spiro atoms. The van der Waals surface area contributed by atoms with Crippen LogP contribution in [-0.2, 0) is 27.4 Å². The molecular weight excluding hydrogens is 510 g/mol. The van der Waals surface area contributed by atoms with Gasteiger partial charge in [0.25, 0.3) is 0 Å². The minimum absolute atomic E-state index is 0.0426. The monoisotopic (exact) mass is 537 g/mol. The number of fused-ring (bicyclic) bond motifs is 1. The number of para-hydroxylation sites is 2. The molecule has 8 heteroatoms. The molecular formula is C31H27N3O4S. The van der Waals surface area contributed by atoms with E-state index in [-0.39, 0.29) is 30.4 Å². The van der Waals surface area contributed by atoms with E-state index in [1.807, 2.05) is 102 Å². The van der Waals surface area contributed by atoms with Gasteiger partial charge in [0.15, 0.2) is 0 Å². The van der Waals surface area contributed by atoms with Crippen molar-refractivity contribution in [3.63, 3.8) is 0 Å². The van der Waals surface area contributed by atoms with E-state index in [9.17, 15) is 14.7 Å². The van der Waals surface area contributed by atoms with Crippen molar-refractivity contribution in [2.45, 2.75) is 20.0 Å². The van der Waals surface area contributed by atoms with Crippen LogP contribution in [0.15, 0.2) is 112 Å². The molecule has 1 aliphatic rings. The lowest BCUT2D eigenvalue weighted by atomic mass is 10.1. The minimum atomic E-state index is -0.627. The SMILES string of the molecule is CCOC(=O)C1=C(O)C(=Cc2cn(CC(=O)NCc3ccccc3)c3ccccc23)SC1=Nc1ccccc1. The number of aliphatic imine (C=N–C) groups is 1. The Balaban J connectivity index is 1.46. The van der Waals surface area contributed by atoms with E-state index < -0.39 is 5.97 Å². The maximum atomic E-state index is 12.8. The Morgan fingerprint density at radius 1 is 1.00 bits per heavy atom. The smallest absolute Gasteiger partial charge is 0.344 e. The number of hydrogen-bond donors (Lipinski definition) is 2. The van der Waals surface area contributed by atoms with Crippen LogP contribution in [0.3, 0.4) is 0 Å². The first kappa shape index (κ1) is 26.1. The number of thioether (sulfide) groups is 1. The van der Waals surface area contributed by atoms with Crippen LogP contribution in [0.4, 0.5) is 5.69 Å². The fraction of sp³-hybridized carbons (Fsp3) is 0.129. The molecule has 0 saturated carbocycles. The van der Waals surface area contributed by atoms with Crippen molar-refractivity contribution < 1.29 is 19.4 Å². The molecule has 196 valence electrons. The molecule has 39 heavy (non-hydrogen) atoms. The number of amides is 1. The highest BCUT2D eigenvalue weighted by molar-refractivity contribution is 8.18. The van der Waals surface area contributed by atoms with Gasteiger partial charge in [-0.2, -0.15) is 0 Å². The molecule has 1 amide bonds. The van der Waals surface area contributed by atoms with E-state index in [2.05, 4.69) is 10.3 Å². The van der Waals surface area contributed by atoms with Gasteiger partial charge in [0.1, 0.15) is 22.9 Å². The number of esters is 1. The van der Waals surface area contributed by atoms with Crippen LogP contribution < -0.4 is 5.32 Å². The molecule has 0 radical (unpaired) electrons. The molecule has 5 rings (SSSR count). The van der Waals surface area contributed by atoms with Crippen molar-refractivity contribution >= 4 is 51.3 Å². The molecule has 0 unspecified atom stereocenters. The third kappa shape index (κ3) is 5.97. The Kier molecular flexibility index (Phi) is 7.94. The molecule has 2 heterocycles. The van der Waals surface area contributed by atoms with Gasteiger partial charge in [-0.25, -0.2) is 9.79 Å². The van der Waals surface area contributed by atoms with Crippen molar-refractivity contribution in [3.05, 3.63) is 118 Å². The number of hydrogen-bond acceptors (Lipinski definition) is 6. The number of nitrogens with zero attached hydrogens (tertiary/aromatic N) is 2. The van der Waals surface area contributed by atoms with Crippen LogP contribution in [0.2, 0.25) is 0 Å². The Morgan fingerprint density at radius 3 is 2.44 bits per heavy atom. The van der Waals surface area contributed by atoms with Crippen molar-refractivity contribution in [2.75, 3.05) is 6.61 Å². The molecule has 0 saturated heterocycles. The van der Waals surface area contributed by atoms with E-state index in [0.717, 1.165) is 22.0 Å². The Morgan fingerprint density at radius 2 is 1.69 bits per heavy atom. The minimum Gasteiger partial charge on any atom is -0.506 e. The van der Waals surface area contributed by atoms with Crippen LogP contribution in [0.5, 0.6) is 0 Å². The van der Waals surface area contributed by atoms with Gasteiger partial charge < -0.3 is 19.7 Å². The second-order valence-electron chi connectivity index (χ2n) is 8.80. The van der Waals surface area contributed by atoms with Crippen molar-refractivity contribution in [3.8, 4) is 0 Å². The zero-order valence-electron chi connectivity index (χ0n) is 21.3. The predicted octanol–water partition coefficient (Wildman–Crippen LogP) is 6.15. The highest BCUT2D eigenvalue weighted by Gasteiger charge is 2.33. The number of benzene rings is 3. The van der Waals surface area contributed by atoms with Gasteiger partial charge in [-0.15, -0.1) is 0 Å². The lowest BCUT2D eigenvalue weighted by Gasteiger charge is -2.07. The standard InChI is InChI=1S/C31H27N3O4S/c1-2-38-31(37)28-29(36)26(39-30(28)33-23-13-7-4-8-14-23)17-22-19-34(25-16-10-9-15-24(22)25)20-27(35)32-18-21-11-5-3-6-12-21/h3-17,19,36H,2,18,20H2,1H3,(H,32,35). The zero-order valence-corrected chi connectivity index (χ0v) is 22.2. The summed E-state index contributed by atoms with van der Waals surface area (Å²) in [5.41, 5.74) is 3.42. The Hall–Kier alpha value is -4.56. The highest BCUT2D eigenvalue weighted by Crippen LogP contribution is 2.41. The van der Waals surface area contributed by atoms with E-state index in [1.165, 1.54) is 11.8 Å². The number of ether oxygens (including phenoxy) is 1. The topological polar surface area (TPSA) is 92.9 Å². The lowest BCUT2D eigenvalue weighted by molar-refractivity contribution is -0.138. The number of aliphatic hydroxyl groups is 1. The summed E-state index contributed by atoms with van der Waals surface area (Å²) in [5, 5.41) is 15.3. The van der Waals surface area contributed by atoms with E-state index in [1.54, 1.807) is 6.92 Å². The fourth-order valence-corrected chi connectivity index (χ4v) is 5.31. The molecule has 1 aromatic heterocycles. The maximum absolute atomic E-state index is 12.8. The normalized spacial score (nSPS) is 15.3. The summed E-state index contributed by atoms with van der Waals surface area (Å²) in [7, 11) is 0. The van der Waals surface area contributed by atoms with Crippen LogP contribution in [0.25, 0.3) is 17.0 Å². The number of rotatable bonds is 8. The first-order chi connectivity index (χ1) is 19.0. The molecule has 0 aliphatic carbocycles. The third-order valence-electron chi connectivity index (χ3n) is 6.11. The summed E-state index contributed by atoms with van der Waals surface area (Å²) >= 11 is 1.21. The van der Waals surface area contributed by atoms with Crippen molar-refractivity contribution in [2.24, 2.45) is 4.99 Å². The quantitative estimate of drug-likeness (QED) is 0.263. The van der Waals surface area contributed by atoms with Gasteiger partial charge in [-0.05, 0) is 36.8 Å². The maximum Gasteiger partial charge on any atom is 0.344 e. The summed E-state index contributed by atoms with van der Waals surface area (Å²) in [5.74, 6) is -0.915. The molecule has 3 aromatic carbocycles. The van der Waals surface area contributed by atoms with Crippen LogP contribution in [-0.4, -0.2) is 33.2 Å². The lowest BCUT2D eigenvalue weighted by Crippen LogP contribution is -2.26.